The number of allylic oxidation sites excluding steroid dienone is 3. The molecular weight excluding hydrogens is 250 g/mol. The fourth-order valence-corrected chi connectivity index (χ4v) is 3.35. The summed E-state index contributed by atoms with van der Waals surface area (Å²) in [6.45, 7) is 4.35. The van der Waals surface area contributed by atoms with Crippen LogP contribution in [0.1, 0.15) is 33.1 Å². The summed E-state index contributed by atoms with van der Waals surface area (Å²) >= 11 is 0. The molecule has 0 fully saturated rings. The van der Waals surface area contributed by atoms with Crippen molar-refractivity contribution in [2.24, 2.45) is 22.1 Å². The number of hydrogen-bond donors (Lipinski definition) is 1. The molecule has 0 aromatic rings. The molecule has 0 bridgehead atoms. The van der Waals surface area contributed by atoms with Crippen LogP contribution >= 0.6 is 0 Å². The molecule has 1 heterocycles. The summed E-state index contributed by atoms with van der Waals surface area (Å²) in [5, 5.41) is 7.86. The van der Waals surface area contributed by atoms with Crippen molar-refractivity contribution in [3.8, 4) is 0 Å². The Morgan fingerprint density at radius 3 is 2.95 bits per heavy atom. The second-order valence-corrected chi connectivity index (χ2v) is 5.43. The van der Waals surface area contributed by atoms with Gasteiger partial charge in [-0.15, -0.1) is 0 Å². The predicted molar refractivity (Wildman–Crippen MR) is 78.7 cm³/mol. The summed E-state index contributed by atoms with van der Waals surface area (Å²) < 4.78 is 6.19. The Morgan fingerprint density at radius 1 is 1.40 bits per heavy atom. The second kappa shape index (κ2) is 5.27. The maximum Gasteiger partial charge on any atom is 0.128 e. The number of rotatable bonds is 3. The molecule has 20 heavy (non-hydrogen) atoms. The Balaban J connectivity index is 2.10. The van der Waals surface area contributed by atoms with Gasteiger partial charge in [0.1, 0.15) is 17.9 Å². The van der Waals surface area contributed by atoms with E-state index in [1.807, 2.05) is 0 Å². The molecule has 3 aliphatic rings. The van der Waals surface area contributed by atoms with Gasteiger partial charge in [0.25, 0.3) is 0 Å². The standard InChI is InChI=1S/C16H21N3O/c1-3-10-9-11(4-2)16-14(15(10)18-19-17)12-7-5-6-8-13(12)20-16/h5-7,9-10,13,15H,3-4,8H2,1-2H3,(H2,17,18). The lowest BCUT2D eigenvalue weighted by Crippen LogP contribution is -2.25. The van der Waals surface area contributed by atoms with E-state index in [0.29, 0.717) is 5.92 Å². The summed E-state index contributed by atoms with van der Waals surface area (Å²) in [6.07, 6.45) is 11.8. The van der Waals surface area contributed by atoms with Gasteiger partial charge in [0.2, 0.25) is 0 Å². The topological polar surface area (TPSA) is 60.0 Å². The molecule has 0 aromatic carbocycles. The Kier molecular flexibility index (Phi) is 3.47. The Morgan fingerprint density at radius 2 is 2.25 bits per heavy atom. The number of fused-ring (bicyclic) bond motifs is 2. The minimum absolute atomic E-state index is 0.00181. The smallest absolute Gasteiger partial charge is 0.128 e. The van der Waals surface area contributed by atoms with E-state index in [9.17, 15) is 0 Å². The predicted octanol–water partition coefficient (Wildman–Crippen LogP) is 3.60. The lowest BCUT2D eigenvalue weighted by atomic mass is 9.79. The maximum atomic E-state index is 6.19. The number of nitrogens with two attached hydrogens (primary N) is 1. The van der Waals surface area contributed by atoms with Crippen LogP contribution in [-0.4, -0.2) is 12.1 Å². The van der Waals surface area contributed by atoms with Gasteiger partial charge in [0.05, 0.1) is 0 Å². The normalized spacial score (nSPS) is 31.8. The van der Waals surface area contributed by atoms with Gasteiger partial charge in [0.15, 0.2) is 0 Å². The van der Waals surface area contributed by atoms with E-state index in [0.717, 1.165) is 25.0 Å². The third-order valence-electron chi connectivity index (χ3n) is 4.38. The molecule has 0 spiro atoms. The number of ether oxygens (including phenoxy) is 1. The van der Waals surface area contributed by atoms with Gasteiger partial charge >= 0.3 is 0 Å². The van der Waals surface area contributed by atoms with Crippen LogP contribution in [-0.2, 0) is 4.74 Å². The van der Waals surface area contributed by atoms with Crippen LogP contribution < -0.4 is 5.84 Å². The number of nitrogens with zero attached hydrogens (tertiary/aromatic N) is 2. The van der Waals surface area contributed by atoms with E-state index in [2.05, 4.69) is 48.5 Å². The average molecular weight is 271 g/mol. The summed E-state index contributed by atoms with van der Waals surface area (Å²) in [4.78, 5) is 0. The SMILES string of the molecule is CCC1=CC(CC)C(N=NN)C2=C1OC1CC=CC=C21. The second-order valence-electron chi connectivity index (χ2n) is 5.43. The first-order valence-electron chi connectivity index (χ1n) is 7.39. The van der Waals surface area contributed by atoms with Crippen molar-refractivity contribution in [1.82, 2.24) is 0 Å². The van der Waals surface area contributed by atoms with Gasteiger partial charge in [-0.2, -0.15) is 5.11 Å². The highest BCUT2D eigenvalue weighted by Crippen LogP contribution is 2.46. The summed E-state index contributed by atoms with van der Waals surface area (Å²) in [6, 6.07) is -0.00181. The van der Waals surface area contributed by atoms with Crippen molar-refractivity contribution in [3.05, 3.63) is 46.8 Å². The average Bonchev–Trinajstić information content (AvgIpc) is 2.87. The molecule has 0 saturated heterocycles. The zero-order valence-electron chi connectivity index (χ0n) is 12.0. The van der Waals surface area contributed by atoms with E-state index in [-0.39, 0.29) is 12.1 Å². The Labute approximate surface area is 119 Å². The lowest BCUT2D eigenvalue weighted by molar-refractivity contribution is 0.172. The molecule has 4 nitrogen and oxygen atoms in total. The van der Waals surface area contributed by atoms with Gasteiger partial charge in [-0.1, -0.05) is 43.4 Å². The van der Waals surface area contributed by atoms with E-state index in [1.165, 1.54) is 16.7 Å². The third-order valence-corrected chi connectivity index (χ3v) is 4.38. The molecule has 3 atom stereocenters. The molecule has 2 N–H and O–H groups in total. The monoisotopic (exact) mass is 271 g/mol. The van der Waals surface area contributed by atoms with E-state index < -0.39 is 0 Å². The Bertz CT molecular complexity index is 554. The van der Waals surface area contributed by atoms with Gasteiger partial charge in [-0.05, 0) is 18.4 Å². The fourth-order valence-electron chi connectivity index (χ4n) is 3.35. The van der Waals surface area contributed by atoms with Gasteiger partial charge in [-0.3, -0.25) is 0 Å². The highest BCUT2D eigenvalue weighted by molar-refractivity contribution is 5.56. The molecule has 0 amide bonds. The van der Waals surface area contributed by atoms with Crippen LogP contribution in [0.25, 0.3) is 0 Å². The molecule has 3 unspecified atom stereocenters. The summed E-state index contributed by atoms with van der Waals surface area (Å²) in [7, 11) is 0. The zero-order valence-corrected chi connectivity index (χ0v) is 12.0. The van der Waals surface area contributed by atoms with Crippen LogP contribution in [0.5, 0.6) is 0 Å². The minimum atomic E-state index is -0.00181. The maximum absolute atomic E-state index is 6.19. The molecule has 4 heteroatoms. The molecule has 106 valence electrons. The number of hydrogen-bond acceptors (Lipinski definition) is 3. The first-order valence-corrected chi connectivity index (χ1v) is 7.39. The van der Waals surface area contributed by atoms with Gasteiger partial charge in [-0.25, -0.2) is 0 Å². The van der Waals surface area contributed by atoms with Gasteiger partial charge in [0, 0.05) is 23.5 Å². The molecule has 2 aliphatic carbocycles. The van der Waals surface area contributed by atoms with Crippen LogP contribution in [0.2, 0.25) is 0 Å². The van der Waals surface area contributed by atoms with Crippen LogP contribution in [0.4, 0.5) is 0 Å². The minimum Gasteiger partial charge on any atom is -0.485 e. The first kappa shape index (κ1) is 13.2. The van der Waals surface area contributed by atoms with Crippen molar-refractivity contribution < 1.29 is 4.74 Å². The molecule has 0 radical (unpaired) electrons. The molecule has 0 aromatic heterocycles. The van der Waals surface area contributed by atoms with E-state index >= 15 is 0 Å². The largest absolute Gasteiger partial charge is 0.485 e. The Hall–Kier alpha value is -1.84. The summed E-state index contributed by atoms with van der Waals surface area (Å²) in [5.74, 6) is 6.71. The fraction of sp³-hybridized carbons (Fsp3) is 0.500. The van der Waals surface area contributed by atoms with Crippen LogP contribution in [0.3, 0.4) is 0 Å². The first-order chi connectivity index (χ1) is 9.80. The van der Waals surface area contributed by atoms with E-state index in [4.69, 9.17) is 10.6 Å². The molecular formula is C16H21N3O. The highest BCUT2D eigenvalue weighted by Gasteiger charge is 2.41. The summed E-state index contributed by atoms with van der Waals surface area (Å²) in [5.41, 5.74) is 3.77. The van der Waals surface area contributed by atoms with Gasteiger partial charge < -0.3 is 10.6 Å². The van der Waals surface area contributed by atoms with Crippen LogP contribution in [0.15, 0.2) is 57.1 Å². The van der Waals surface area contributed by atoms with Crippen molar-refractivity contribution in [1.29, 1.82) is 0 Å². The zero-order chi connectivity index (χ0) is 14.1. The lowest BCUT2D eigenvalue weighted by Gasteiger charge is -2.26. The quantitative estimate of drug-likeness (QED) is 0.484. The third kappa shape index (κ3) is 1.90. The van der Waals surface area contributed by atoms with Crippen molar-refractivity contribution in [2.45, 2.75) is 45.3 Å². The van der Waals surface area contributed by atoms with Crippen molar-refractivity contribution in [2.75, 3.05) is 0 Å². The highest BCUT2D eigenvalue weighted by atomic mass is 16.5. The van der Waals surface area contributed by atoms with Crippen LogP contribution in [0, 0.1) is 5.92 Å². The molecule has 0 saturated carbocycles. The van der Waals surface area contributed by atoms with Crippen molar-refractivity contribution >= 4 is 0 Å². The molecule has 1 aliphatic heterocycles. The molecule has 3 rings (SSSR count). The van der Waals surface area contributed by atoms with Crippen molar-refractivity contribution in [3.63, 3.8) is 0 Å². The van der Waals surface area contributed by atoms with E-state index in [1.54, 1.807) is 0 Å².